The van der Waals surface area contributed by atoms with E-state index in [0.29, 0.717) is 18.0 Å². The molecule has 0 heterocycles. The van der Waals surface area contributed by atoms with Crippen molar-refractivity contribution in [1.29, 1.82) is 0 Å². The Morgan fingerprint density at radius 1 is 1.53 bits per heavy atom. The number of nitrogen functional groups attached to an aromatic ring is 1. The highest BCUT2D eigenvalue weighted by atomic mass is 16.3. The Morgan fingerprint density at radius 2 is 2.24 bits per heavy atom. The molecule has 0 aromatic heterocycles. The molecule has 1 fully saturated rings. The Balaban J connectivity index is 2.18. The molecule has 1 aromatic carbocycles. The summed E-state index contributed by atoms with van der Waals surface area (Å²) < 4.78 is 0. The maximum atomic E-state index is 12.2. The third-order valence-corrected chi connectivity index (χ3v) is 3.14. The van der Waals surface area contributed by atoms with Gasteiger partial charge in [-0.1, -0.05) is 6.07 Å². The van der Waals surface area contributed by atoms with Crippen LogP contribution in [0.5, 0.6) is 5.75 Å². The number of phenolic OH excluding ortho intramolecular Hbond substituents is 1. The summed E-state index contributed by atoms with van der Waals surface area (Å²) in [5, 5.41) is 9.79. The fraction of sp³-hybridized carbons (Fsp3) is 0.462. The molecule has 1 amide bonds. The fourth-order valence-electron chi connectivity index (χ4n) is 1.87. The molecule has 0 unspecified atom stereocenters. The van der Waals surface area contributed by atoms with Crippen LogP contribution in [0.15, 0.2) is 18.2 Å². The minimum atomic E-state index is -0.135. The van der Waals surface area contributed by atoms with Crippen LogP contribution in [0.25, 0.3) is 0 Å². The summed E-state index contributed by atoms with van der Waals surface area (Å²) in [6.45, 7) is 3.39. The van der Waals surface area contributed by atoms with Crippen LogP contribution < -0.4 is 5.73 Å². The van der Waals surface area contributed by atoms with Gasteiger partial charge in [0.1, 0.15) is 0 Å². The van der Waals surface area contributed by atoms with Gasteiger partial charge in [-0.05, 0) is 37.8 Å². The number of aromatic hydroxyl groups is 1. The van der Waals surface area contributed by atoms with E-state index in [9.17, 15) is 9.90 Å². The molecule has 1 aliphatic carbocycles. The average molecular weight is 234 g/mol. The molecule has 3 N–H and O–H groups in total. The normalized spacial score (nSPS) is 14.6. The molecule has 92 valence electrons. The van der Waals surface area contributed by atoms with Crippen molar-refractivity contribution in [3.63, 3.8) is 0 Å². The number of hydrogen-bond donors (Lipinski definition) is 2. The van der Waals surface area contributed by atoms with Gasteiger partial charge >= 0.3 is 0 Å². The highest BCUT2D eigenvalue weighted by Gasteiger charge is 2.27. The number of phenols is 1. The number of nitrogens with zero attached hydrogens (tertiary/aromatic N) is 1. The van der Waals surface area contributed by atoms with Crippen LogP contribution >= 0.6 is 0 Å². The molecule has 0 saturated heterocycles. The first kappa shape index (κ1) is 11.8. The number of amides is 1. The maximum absolute atomic E-state index is 12.2. The van der Waals surface area contributed by atoms with Crippen molar-refractivity contribution < 1.29 is 9.90 Å². The van der Waals surface area contributed by atoms with E-state index >= 15 is 0 Å². The van der Waals surface area contributed by atoms with Gasteiger partial charge in [-0.15, -0.1) is 0 Å². The molecule has 0 radical (unpaired) electrons. The zero-order valence-electron chi connectivity index (χ0n) is 10.0. The Bertz CT molecular complexity index is 427. The standard InChI is InChI=1S/C13H18N2O2/c1-2-15(8-9-6-7-9)13(17)10-4-3-5-11(14)12(10)16/h3-5,9,16H,2,6-8,14H2,1H3. The zero-order valence-corrected chi connectivity index (χ0v) is 10.0. The van der Waals surface area contributed by atoms with Gasteiger partial charge in [0.2, 0.25) is 0 Å². The van der Waals surface area contributed by atoms with Crippen molar-refractivity contribution in [3.8, 4) is 5.75 Å². The van der Waals surface area contributed by atoms with E-state index in [4.69, 9.17) is 5.73 Å². The second-order valence-electron chi connectivity index (χ2n) is 4.53. The quantitative estimate of drug-likeness (QED) is 0.617. The summed E-state index contributed by atoms with van der Waals surface area (Å²) in [7, 11) is 0. The van der Waals surface area contributed by atoms with Gasteiger partial charge in [0.05, 0.1) is 11.3 Å². The number of carbonyl (C=O) groups is 1. The molecule has 1 aliphatic rings. The van der Waals surface area contributed by atoms with Gasteiger partial charge in [-0.2, -0.15) is 0 Å². The van der Waals surface area contributed by atoms with E-state index in [-0.39, 0.29) is 17.3 Å². The minimum Gasteiger partial charge on any atom is -0.505 e. The summed E-state index contributed by atoms with van der Waals surface area (Å²) >= 11 is 0. The lowest BCUT2D eigenvalue weighted by molar-refractivity contribution is 0.0754. The molecule has 0 aliphatic heterocycles. The van der Waals surface area contributed by atoms with Crippen LogP contribution in [0.4, 0.5) is 5.69 Å². The summed E-state index contributed by atoms with van der Waals surface area (Å²) in [5.74, 6) is 0.401. The first-order valence-electron chi connectivity index (χ1n) is 6.00. The van der Waals surface area contributed by atoms with Crippen molar-refractivity contribution in [3.05, 3.63) is 23.8 Å². The van der Waals surface area contributed by atoms with Crippen molar-refractivity contribution >= 4 is 11.6 Å². The summed E-state index contributed by atoms with van der Waals surface area (Å²) in [6.07, 6.45) is 2.40. The topological polar surface area (TPSA) is 66.6 Å². The second-order valence-corrected chi connectivity index (χ2v) is 4.53. The predicted octanol–water partition coefficient (Wildman–Crippen LogP) is 1.85. The first-order valence-corrected chi connectivity index (χ1v) is 6.00. The lowest BCUT2D eigenvalue weighted by Gasteiger charge is -2.21. The average Bonchev–Trinajstić information content (AvgIpc) is 3.13. The SMILES string of the molecule is CCN(CC1CC1)C(=O)c1cccc(N)c1O. The van der Waals surface area contributed by atoms with Crippen LogP contribution in [-0.4, -0.2) is 29.0 Å². The molecule has 2 rings (SSSR count). The van der Waals surface area contributed by atoms with E-state index in [0.717, 1.165) is 6.54 Å². The molecular formula is C13H18N2O2. The number of para-hydroxylation sites is 1. The predicted molar refractivity (Wildman–Crippen MR) is 66.8 cm³/mol. The Hall–Kier alpha value is -1.71. The molecule has 0 spiro atoms. The van der Waals surface area contributed by atoms with Crippen molar-refractivity contribution in [1.82, 2.24) is 4.90 Å². The number of rotatable bonds is 4. The van der Waals surface area contributed by atoms with Crippen LogP contribution in [0, 0.1) is 5.92 Å². The van der Waals surface area contributed by atoms with Gasteiger partial charge in [-0.3, -0.25) is 4.79 Å². The molecule has 4 nitrogen and oxygen atoms in total. The number of benzene rings is 1. The number of hydrogen-bond acceptors (Lipinski definition) is 3. The monoisotopic (exact) mass is 234 g/mol. The van der Waals surface area contributed by atoms with Crippen LogP contribution in [0.3, 0.4) is 0 Å². The largest absolute Gasteiger partial charge is 0.505 e. The lowest BCUT2D eigenvalue weighted by Crippen LogP contribution is -2.32. The van der Waals surface area contributed by atoms with Gasteiger partial charge in [0.25, 0.3) is 5.91 Å². The third kappa shape index (κ3) is 2.52. The van der Waals surface area contributed by atoms with Gasteiger partial charge in [0, 0.05) is 13.1 Å². The van der Waals surface area contributed by atoms with Crippen molar-refractivity contribution in [2.45, 2.75) is 19.8 Å². The van der Waals surface area contributed by atoms with E-state index in [1.807, 2.05) is 6.92 Å². The van der Waals surface area contributed by atoms with Gasteiger partial charge < -0.3 is 15.7 Å². The number of nitrogens with two attached hydrogens (primary N) is 1. The summed E-state index contributed by atoms with van der Waals surface area (Å²) in [6, 6.07) is 4.89. The van der Waals surface area contributed by atoms with Gasteiger partial charge in [0.15, 0.2) is 5.75 Å². The zero-order chi connectivity index (χ0) is 12.4. The number of carbonyl (C=O) groups excluding carboxylic acids is 1. The minimum absolute atomic E-state index is 0.105. The molecule has 0 atom stereocenters. The Morgan fingerprint density at radius 3 is 2.82 bits per heavy atom. The van der Waals surface area contributed by atoms with E-state index in [1.54, 1.807) is 23.1 Å². The Kier molecular flexibility index (Phi) is 3.22. The molecule has 0 bridgehead atoms. The second kappa shape index (κ2) is 4.65. The van der Waals surface area contributed by atoms with Crippen LogP contribution in [0.2, 0.25) is 0 Å². The molecule has 4 heteroatoms. The molecule has 1 aromatic rings. The fourth-order valence-corrected chi connectivity index (χ4v) is 1.87. The lowest BCUT2D eigenvalue weighted by atomic mass is 10.1. The third-order valence-electron chi connectivity index (χ3n) is 3.14. The van der Waals surface area contributed by atoms with E-state index in [1.165, 1.54) is 12.8 Å². The molecular weight excluding hydrogens is 216 g/mol. The van der Waals surface area contributed by atoms with Crippen molar-refractivity contribution in [2.75, 3.05) is 18.8 Å². The van der Waals surface area contributed by atoms with E-state index in [2.05, 4.69) is 0 Å². The van der Waals surface area contributed by atoms with Crippen molar-refractivity contribution in [2.24, 2.45) is 5.92 Å². The maximum Gasteiger partial charge on any atom is 0.257 e. The highest BCUT2D eigenvalue weighted by Crippen LogP contribution is 2.31. The number of anilines is 1. The molecule has 1 saturated carbocycles. The first-order chi connectivity index (χ1) is 8.13. The van der Waals surface area contributed by atoms with Crippen LogP contribution in [-0.2, 0) is 0 Å². The molecule has 17 heavy (non-hydrogen) atoms. The highest BCUT2D eigenvalue weighted by molar-refractivity contribution is 5.98. The van der Waals surface area contributed by atoms with E-state index < -0.39 is 0 Å². The van der Waals surface area contributed by atoms with Gasteiger partial charge in [-0.25, -0.2) is 0 Å². The van der Waals surface area contributed by atoms with Crippen LogP contribution in [0.1, 0.15) is 30.1 Å². The summed E-state index contributed by atoms with van der Waals surface area (Å²) in [5.41, 5.74) is 6.14. The summed E-state index contributed by atoms with van der Waals surface area (Å²) in [4.78, 5) is 14.0. The Labute approximate surface area is 101 Å². The smallest absolute Gasteiger partial charge is 0.257 e.